The maximum Gasteiger partial charge on any atom is 0.317 e. The van der Waals surface area contributed by atoms with Gasteiger partial charge < -0.3 is 15.0 Å². The van der Waals surface area contributed by atoms with Crippen molar-refractivity contribution in [1.29, 1.82) is 0 Å². The SMILES string of the molecule is COc1ccc(Cl)cc1CN(C)C(=O)NCC1CCCN1C(C)C. The molecule has 1 aliphatic heterocycles. The Morgan fingerprint density at radius 3 is 2.92 bits per heavy atom. The molecule has 1 N–H and O–H groups in total. The van der Waals surface area contributed by atoms with Gasteiger partial charge in [0.05, 0.1) is 13.7 Å². The van der Waals surface area contributed by atoms with Gasteiger partial charge in [-0.15, -0.1) is 0 Å². The van der Waals surface area contributed by atoms with Gasteiger partial charge in [0.15, 0.2) is 0 Å². The monoisotopic (exact) mass is 353 g/mol. The molecule has 0 aromatic heterocycles. The van der Waals surface area contributed by atoms with E-state index in [-0.39, 0.29) is 6.03 Å². The lowest BCUT2D eigenvalue weighted by Crippen LogP contribution is -2.46. The zero-order valence-electron chi connectivity index (χ0n) is 15.0. The lowest BCUT2D eigenvalue weighted by molar-refractivity contribution is 0.184. The predicted molar refractivity (Wildman–Crippen MR) is 97.7 cm³/mol. The van der Waals surface area contributed by atoms with E-state index in [2.05, 4.69) is 24.1 Å². The number of methoxy groups -OCH3 is 1. The van der Waals surface area contributed by atoms with E-state index in [1.165, 1.54) is 6.42 Å². The van der Waals surface area contributed by atoms with Crippen LogP contribution >= 0.6 is 11.6 Å². The third-order valence-corrected chi connectivity index (χ3v) is 4.81. The summed E-state index contributed by atoms with van der Waals surface area (Å²) in [6, 6.07) is 6.31. The van der Waals surface area contributed by atoms with Crippen LogP contribution in [0, 0.1) is 0 Å². The molecule has 1 unspecified atom stereocenters. The summed E-state index contributed by atoms with van der Waals surface area (Å²) >= 11 is 6.05. The number of carbonyl (C=O) groups excluding carboxylic acids is 1. The van der Waals surface area contributed by atoms with E-state index in [9.17, 15) is 4.79 Å². The number of carbonyl (C=O) groups is 1. The van der Waals surface area contributed by atoms with Gasteiger partial charge in [-0.3, -0.25) is 4.90 Å². The van der Waals surface area contributed by atoms with Crippen LogP contribution in [0.1, 0.15) is 32.3 Å². The highest BCUT2D eigenvalue weighted by Gasteiger charge is 2.27. The van der Waals surface area contributed by atoms with E-state index in [4.69, 9.17) is 16.3 Å². The van der Waals surface area contributed by atoms with Crippen LogP contribution in [0.2, 0.25) is 5.02 Å². The Labute approximate surface area is 149 Å². The number of benzene rings is 1. The molecule has 1 atom stereocenters. The first-order chi connectivity index (χ1) is 11.4. The van der Waals surface area contributed by atoms with Gasteiger partial charge in [-0.2, -0.15) is 0 Å². The van der Waals surface area contributed by atoms with Gasteiger partial charge >= 0.3 is 6.03 Å². The van der Waals surface area contributed by atoms with Gasteiger partial charge in [-0.05, 0) is 51.4 Å². The largest absolute Gasteiger partial charge is 0.496 e. The summed E-state index contributed by atoms with van der Waals surface area (Å²) in [4.78, 5) is 16.5. The van der Waals surface area contributed by atoms with Gasteiger partial charge in [0, 0.05) is 36.3 Å². The van der Waals surface area contributed by atoms with Crippen molar-refractivity contribution in [2.45, 2.75) is 45.3 Å². The van der Waals surface area contributed by atoms with E-state index >= 15 is 0 Å². The standard InChI is InChI=1S/C18H28ClN3O2/c1-13(2)22-9-5-6-16(22)11-20-18(23)21(3)12-14-10-15(19)7-8-17(14)24-4/h7-8,10,13,16H,5-6,9,11-12H2,1-4H3,(H,20,23). The molecule has 0 spiro atoms. The molecule has 0 radical (unpaired) electrons. The predicted octanol–water partition coefficient (Wildman–Crippen LogP) is 3.36. The third-order valence-electron chi connectivity index (χ3n) is 4.57. The van der Waals surface area contributed by atoms with Crippen molar-refractivity contribution in [3.63, 3.8) is 0 Å². The fourth-order valence-corrected chi connectivity index (χ4v) is 3.49. The first kappa shape index (κ1) is 18.9. The van der Waals surface area contributed by atoms with Crippen LogP contribution in [-0.2, 0) is 6.54 Å². The summed E-state index contributed by atoms with van der Waals surface area (Å²) in [6.45, 7) is 6.67. The number of hydrogen-bond acceptors (Lipinski definition) is 3. The van der Waals surface area contributed by atoms with Gasteiger partial charge in [0.1, 0.15) is 5.75 Å². The van der Waals surface area contributed by atoms with Gasteiger partial charge in [0.25, 0.3) is 0 Å². The van der Waals surface area contributed by atoms with Crippen LogP contribution in [-0.4, -0.2) is 55.2 Å². The molecular formula is C18H28ClN3O2. The van der Waals surface area contributed by atoms with Gasteiger partial charge in [-0.25, -0.2) is 4.79 Å². The van der Waals surface area contributed by atoms with Crippen molar-refractivity contribution in [2.24, 2.45) is 0 Å². The highest BCUT2D eigenvalue weighted by Crippen LogP contribution is 2.24. The summed E-state index contributed by atoms with van der Waals surface area (Å²) < 4.78 is 5.34. The highest BCUT2D eigenvalue weighted by atomic mass is 35.5. The molecule has 1 saturated heterocycles. The minimum Gasteiger partial charge on any atom is -0.496 e. The number of halogens is 1. The molecule has 134 valence electrons. The second kappa shape index (κ2) is 8.58. The number of nitrogens with one attached hydrogen (secondary N) is 1. The van der Waals surface area contributed by atoms with E-state index < -0.39 is 0 Å². The lowest BCUT2D eigenvalue weighted by Gasteiger charge is -2.29. The number of ether oxygens (including phenoxy) is 1. The van der Waals surface area contributed by atoms with Crippen molar-refractivity contribution >= 4 is 17.6 Å². The Hall–Kier alpha value is -1.46. The summed E-state index contributed by atoms with van der Waals surface area (Å²) in [5.74, 6) is 0.737. The number of nitrogens with zero attached hydrogens (tertiary/aromatic N) is 2. The fraction of sp³-hybridized carbons (Fsp3) is 0.611. The Morgan fingerprint density at radius 2 is 2.25 bits per heavy atom. The summed E-state index contributed by atoms with van der Waals surface area (Å²) in [6.07, 6.45) is 2.35. The highest BCUT2D eigenvalue weighted by molar-refractivity contribution is 6.30. The molecular weight excluding hydrogens is 326 g/mol. The first-order valence-corrected chi connectivity index (χ1v) is 8.87. The number of rotatable bonds is 6. The van der Waals surface area contributed by atoms with Crippen LogP contribution in [0.4, 0.5) is 4.79 Å². The summed E-state index contributed by atoms with van der Waals surface area (Å²) in [5, 5.41) is 3.69. The minimum atomic E-state index is -0.0763. The van der Waals surface area contributed by atoms with Crippen LogP contribution in [0.3, 0.4) is 0 Å². The number of urea groups is 1. The molecule has 0 aliphatic carbocycles. The molecule has 24 heavy (non-hydrogen) atoms. The lowest BCUT2D eigenvalue weighted by atomic mass is 10.2. The molecule has 6 heteroatoms. The maximum atomic E-state index is 12.4. The van der Waals surface area contributed by atoms with E-state index in [1.807, 2.05) is 12.1 Å². The summed E-state index contributed by atoms with van der Waals surface area (Å²) in [5.41, 5.74) is 0.896. The minimum absolute atomic E-state index is 0.0763. The molecule has 1 aromatic rings. The number of likely N-dealkylation sites (tertiary alicyclic amines) is 1. The molecule has 2 amide bonds. The quantitative estimate of drug-likeness (QED) is 0.852. The molecule has 0 bridgehead atoms. The van der Waals surface area contributed by atoms with Crippen molar-refractivity contribution in [3.8, 4) is 5.75 Å². The van der Waals surface area contributed by atoms with Crippen molar-refractivity contribution in [2.75, 3.05) is 27.2 Å². The molecule has 2 rings (SSSR count). The maximum absolute atomic E-state index is 12.4. The van der Waals surface area contributed by atoms with Crippen LogP contribution in [0.25, 0.3) is 0 Å². The van der Waals surface area contributed by atoms with Gasteiger partial charge in [0.2, 0.25) is 0 Å². The van der Waals surface area contributed by atoms with Crippen LogP contribution in [0.15, 0.2) is 18.2 Å². The van der Waals surface area contributed by atoms with Crippen LogP contribution in [0.5, 0.6) is 5.75 Å². The summed E-state index contributed by atoms with van der Waals surface area (Å²) in [7, 11) is 3.40. The second-order valence-corrected chi connectivity index (χ2v) is 7.06. The molecule has 1 aromatic carbocycles. The Balaban J connectivity index is 1.90. The molecule has 1 heterocycles. The van der Waals surface area contributed by atoms with Crippen molar-refractivity contribution < 1.29 is 9.53 Å². The van der Waals surface area contributed by atoms with Crippen molar-refractivity contribution in [3.05, 3.63) is 28.8 Å². The normalized spacial score (nSPS) is 18.0. The Kier molecular flexibility index (Phi) is 6.75. The first-order valence-electron chi connectivity index (χ1n) is 8.49. The molecule has 0 saturated carbocycles. The molecule has 1 fully saturated rings. The van der Waals surface area contributed by atoms with Crippen LogP contribution < -0.4 is 10.1 Å². The van der Waals surface area contributed by atoms with E-state index in [0.717, 1.165) is 24.3 Å². The van der Waals surface area contributed by atoms with Gasteiger partial charge in [-0.1, -0.05) is 11.6 Å². The average molecular weight is 354 g/mol. The zero-order valence-corrected chi connectivity index (χ0v) is 15.8. The molecule has 1 aliphatic rings. The van der Waals surface area contributed by atoms with E-state index in [1.54, 1.807) is 25.1 Å². The zero-order chi connectivity index (χ0) is 17.7. The topological polar surface area (TPSA) is 44.8 Å². The number of amides is 2. The average Bonchev–Trinajstić information content (AvgIpc) is 3.01. The molecule has 5 nitrogen and oxygen atoms in total. The third kappa shape index (κ3) is 4.77. The number of hydrogen-bond donors (Lipinski definition) is 1. The second-order valence-electron chi connectivity index (χ2n) is 6.63. The Morgan fingerprint density at radius 1 is 1.50 bits per heavy atom. The van der Waals surface area contributed by atoms with Crippen molar-refractivity contribution in [1.82, 2.24) is 15.1 Å². The Bertz CT molecular complexity index is 565. The van der Waals surface area contributed by atoms with E-state index in [0.29, 0.717) is 30.2 Å². The smallest absolute Gasteiger partial charge is 0.317 e. The fourth-order valence-electron chi connectivity index (χ4n) is 3.30.